The first-order valence-corrected chi connectivity index (χ1v) is 9.98. The minimum absolute atomic E-state index is 0.136. The second kappa shape index (κ2) is 10.4. The molecule has 0 saturated carbocycles. The number of carbonyl (C=O) groups is 2. The van der Waals surface area contributed by atoms with Crippen LogP contribution in [0.15, 0.2) is 24.3 Å². The minimum atomic E-state index is -0.933. The van der Waals surface area contributed by atoms with Crippen LogP contribution in [0, 0.1) is 5.92 Å². The Bertz CT molecular complexity index is 617. The number of carbonyl (C=O) groups excluding carboxylic acids is 1. The molecule has 0 bridgehead atoms. The van der Waals surface area contributed by atoms with Crippen molar-refractivity contribution >= 4 is 11.9 Å². The number of rotatable bonds is 11. The standard InChI is InChI=1S/C21H32N2O4/c1-3-5-16(2)19(24)6-4-13-22-14-12-20(25)23(22)15-11-17-7-9-18(10-8-17)21(26)27/h7-10,16,19,24H,3-6,11-15H2,1-2H3,(H,26,27). The van der Waals surface area contributed by atoms with Crippen LogP contribution in [-0.2, 0) is 11.2 Å². The van der Waals surface area contributed by atoms with Crippen LogP contribution >= 0.6 is 0 Å². The topological polar surface area (TPSA) is 81.1 Å². The van der Waals surface area contributed by atoms with E-state index >= 15 is 0 Å². The van der Waals surface area contributed by atoms with Gasteiger partial charge in [0.2, 0.25) is 5.91 Å². The van der Waals surface area contributed by atoms with Crippen LogP contribution in [0.1, 0.15) is 61.9 Å². The zero-order valence-electron chi connectivity index (χ0n) is 16.4. The summed E-state index contributed by atoms with van der Waals surface area (Å²) in [6.45, 7) is 6.33. The van der Waals surface area contributed by atoms with Gasteiger partial charge in [0, 0.05) is 26.1 Å². The monoisotopic (exact) mass is 376 g/mol. The average Bonchev–Trinajstić information content (AvgIpc) is 3.00. The van der Waals surface area contributed by atoms with Gasteiger partial charge >= 0.3 is 5.97 Å². The Labute approximate surface area is 161 Å². The summed E-state index contributed by atoms with van der Waals surface area (Å²) in [5.41, 5.74) is 1.29. The second-order valence-electron chi connectivity index (χ2n) is 7.45. The van der Waals surface area contributed by atoms with Crippen molar-refractivity contribution in [2.24, 2.45) is 5.92 Å². The van der Waals surface area contributed by atoms with E-state index in [1.54, 1.807) is 24.3 Å². The predicted molar refractivity (Wildman–Crippen MR) is 104 cm³/mol. The molecule has 0 radical (unpaired) electrons. The first-order chi connectivity index (χ1) is 12.9. The van der Waals surface area contributed by atoms with Gasteiger partial charge in [0.1, 0.15) is 0 Å². The lowest BCUT2D eigenvalue weighted by Gasteiger charge is -2.28. The molecule has 1 saturated heterocycles. The number of hydrogen-bond acceptors (Lipinski definition) is 4. The van der Waals surface area contributed by atoms with Gasteiger partial charge < -0.3 is 10.2 Å². The number of nitrogens with zero attached hydrogens (tertiary/aromatic N) is 2. The number of carboxylic acid groups (broad SMARTS) is 1. The number of aliphatic hydroxyl groups excluding tert-OH is 1. The Morgan fingerprint density at radius 1 is 1.19 bits per heavy atom. The molecule has 1 fully saturated rings. The lowest BCUT2D eigenvalue weighted by Crippen LogP contribution is -2.41. The number of aliphatic hydroxyl groups is 1. The van der Waals surface area contributed by atoms with E-state index in [1.807, 2.05) is 5.01 Å². The van der Waals surface area contributed by atoms with Crippen molar-refractivity contribution < 1.29 is 19.8 Å². The Balaban J connectivity index is 1.80. The van der Waals surface area contributed by atoms with Crippen LogP contribution < -0.4 is 0 Å². The van der Waals surface area contributed by atoms with Gasteiger partial charge in [-0.15, -0.1) is 0 Å². The van der Waals surface area contributed by atoms with Crippen LogP contribution in [0.4, 0.5) is 0 Å². The maximum atomic E-state index is 12.2. The van der Waals surface area contributed by atoms with Crippen LogP contribution in [-0.4, -0.2) is 57.8 Å². The molecule has 2 unspecified atom stereocenters. The lowest BCUT2D eigenvalue weighted by molar-refractivity contribution is -0.138. The third kappa shape index (κ3) is 6.33. The summed E-state index contributed by atoms with van der Waals surface area (Å²) < 4.78 is 0. The van der Waals surface area contributed by atoms with Crippen molar-refractivity contribution in [1.29, 1.82) is 0 Å². The number of aromatic carboxylic acids is 1. The van der Waals surface area contributed by atoms with E-state index in [-0.39, 0.29) is 17.6 Å². The molecular weight excluding hydrogens is 344 g/mol. The first kappa shape index (κ1) is 21.4. The fourth-order valence-corrected chi connectivity index (χ4v) is 3.60. The van der Waals surface area contributed by atoms with E-state index < -0.39 is 5.97 Å². The maximum Gasteiger partial charge on any atom is 0.335 e. The molecule has 0 aromatic heterocycles. The van der Waals surface area contributed by atoms with E-state index in [1.165, 1.54) is 0 Å². The highest BCUT2D eigenvalue weighted by molar-refractivity contribution is 5.87. The SMILES string of the molecule is CCCC(C)C(O)CCCN1CCC(=O)N1CCc1ccc(C(=O)O)cc1. The molecule has 1 aliphatic rings. The zero-order chi connectivity index (χ0) is 19.8. The number of benzene rings is 1. The quantitative estimate of drug-likeness (QED) is 0.621. The highest BCUT2D eigenvalue weighted by Gasteiger charge is 2.28. The molecule has 1 aromatic carbocycles. The third-order valence-corrected chi connectivity index (χ3v) is 5.34. The van der Waals surface area contributed by atoms with Gasteiger partial charge in [-0.3, -0.25) is 9.80 Å². The van der Waals surface area contributed by atoms with E-state index in [4.69, 9.17) is 5.11 Å². The molecule has 27 heavy (non-hydrogen) atoms. The second-order valence-corrected chi connectivity index (χ2v) is 7.45. The number of hydrazine groups is 1. The fraction of sp³-hybridized carbons (Fsp3) is 0.619. The number of amides is 1. The molecule has 6 nitrogen and oxygen atoms in total. The Morgan fingerprint density at radius 2 is 1.89 bits per heavy atom. The van der Waals surface area contributed by atoms with E-state index in [9.17, 15) is 14.7 Å². The van der Waals surface area contributed by atoms with Crippen LogP contribution in [0.5, 0.6) is 0 Å². The van der Waals surface area contributed by atoms with Crippen molar-refractivity contribution in [1.82, 2.24) is 10.0 Å². The molecule has 1 aliphatic heterocycles. The average molecular weight is 376 g/mol. The molecular formula is C21H32N2O4. The number of hydrogen-bond donors (Lipinski definition) is 2. The summed E-state index contributed by atoms with van der Waals surface area (Å²) in [7, 11) is 0. The molecule has 2 N–H and O–H groups in total. The van der Waals surface area contributed by atoms with Crippen LogP contribution in [0.25, 0.3) is 0 Å². The minimum Gasteiger partial charge on any atom is -0.478 e. The Kier molecular flexibility index (Phi) is 8.25. The highest BCUT2D eigenvalue weighted by Crippen LogP contribution is 2.18. The zero-order valence-corrected chi connectivity index (χ0v) is 16.4. The summed E-state index contributed by atoms with van der Waals surface area (Å²) in [4.78, 5) is 23.1. The predicted octanol–water partition coefficient (Wildman–Crippen LogP) is 2.95. The molecule has 2 atom stereocenters. The smallest absolute Gasteiger partial charge is 0.335 e. The van der Waals surface area contributed by atoms with E-state index in [2.05, 4.69) is 18.9 Å². The molecule has 1 aromatic rings. The molecule has 150 valence electrons. The Hall–Kier alpha value is -1.92. The normalized spacial score (nSPS) is 17.3. The van der Waals surface area contributed by atoms with Crippen molar-refractivity contribution in [2.45, 2.75) is 58.5 Å². The van der Waals surface area contributed by atoms with Gasteiger partial charge in [-0.2, -0.15) is 0 Å². The third-order valence-electron chi connectivity index (χ3n) is 5.34. The van der Waals surface area contributed by atoms with Crippen molar-refractivity contribution in [2.75, 3.05) is 19.6 Å². The number of carboxylic acids is 1. The van der Waals surface area contributed by atoms with Gasteiger partial charge in [-0.05, 0) is 49.3 Å². The summed E-state index contributed by atoms with van der Waals surface area (Å²) >= 11 is 0. The Morgan fingerprint density at radius 3 is 2.52 bits per heavy atom. The fourth-order valence-electron chi connectivity index (χ4n) is 3.60. The van der Waals surface area contributed by atoms with Gasteiger partial charge in [0.25, 0.3) is 0 Å². The van der Waals surface area contributed by atoms with Crippen LogP contribution in [0.2, 0.25) is 0 Å². The van der Waals surface area contributed by atoms with Gasteiger partial charge in [0.05, 0.1) is 11.7 Å². The van der Waals surface area contributed by atoms with Gasteiger partial charge in [-0.25, -0.2) is 9.80 Å². The van der Waals surface area contributed by atoms with Crippen LogP contribution in [0.3, 0.4) is 0 Å². The highest BCUT2D eigenvalue weighted by atomic mass is 16.4. The molecule has 0 spiro atoms. The van der Waals surface area contributed by atoms with E-state index in [0.29, 0.717) is 25.3 Å². The molecule has 6 heteroatoms. The maximum absolute atomic E-state index is 12.2. The van der Waals surface area contributed by atoms with E-state index in [0.717, 1.165) is 44.3 Å². The van der Waals surface area contributed by atoms with Crippen molar-refractivity contribution in [3.63, 3.8) is 0 Å². The van der Waals surface area contributed by atoms with Gasteiger partial charge in [0.15, 0.2) is 0 Å². The molecule has 2 rings (SSSR count). The summed E-state index contributed by atoms with van der Waals surface area (Å²) in [6, 6.07) is 6.81. The molecule has 0 aliphatic carbocycles. The summed E-state index contributed by atoms with van der Waals surface area (Å²) in [5.74, 6) is -0.477. The first-order valence-electron chi connectivity index (χ1n) is 9.98. The van der Waals surface area contributed by atoms with Gasteiger partial charge in [-0.1, -0.05) is 32.4 Å². The molecule has 1 heterocycles. The summed E-state index contributed by atoms with van der Waals surface area (Å²) in [6.07, 6.45) is 4.70. The largest absolute Gasteiger partial charge is 0.478 e. The molecule has 1 amide bonds. The van der Waals surface area contributed by atoms with Crippen molar-refractivity contribution in [3.05, 3.63) is 35.4 Å². The summed E-state index contributed by atoms with van der Waals surface area (Å²) in [5, 5.41) is 23.1. The lowest BCUT2D eigenvalue weighted by atomic mass is 9.96. The van der Waals surface area contributed by atoms with Crippen molar-refractivity contribution in [3.8, 4) is 0 Å².